The summed E-state index contributed by atoms with van der Waals surface area (Å²) in [6.07, 6.45) is -10.5. The average molecular weight is 535 g/mol. The highest BCUT2D eigenvalue weighted by atomic mass is 19.4. The molecule has 198 valence electrons. The van der Waals surface area contributed by atoms with E-state index >= 15 is 0 Å². The van der Waals surface area contributed by atoms with Gasteiger partial charge in [0.25, 0.3) is 11.8 Å². The lowest BCUT2D eigenvalue weighted by Gasteiger charge is -2.11. The minimum Gasteiger partial charge on any atom is -0.364 e. The van der Waals surface area contributed by atoms with Gasteiger partial charge in [0.1, 0.15) is 5.69 Å². The third kappa shape index (κ3) is 5.76. The van der Waals surface area contributed by atoms with E-state index in [9.17, 15) is 35.9 Å². The Bertz CT molecular complexity index is 1520. The second-order valence-corrected chi connectivity index (χ2v) is 8.46. The zero-order valence-corrected chi connectivity index (χ0v) is 19.6. The first-order valence-corrected chi connectivity index (χ1v) is 11.0. The Morgan fingerprint density at radius 2 is 1.61 bits per heavy atom. The molecule has 0 saturated heterocycles. The molecule has 3 N–H and O–H groups in total. The van der Waals surface area contributed by atoms with E-state index in [2.05, 4.69) is 15.4 Å². The van der Waals surface area contributed by atoms with E-state index in [1.165, 1.54) is 43.3 Å². The second-order valence-electron chi connectivity index (χ2n) is 8.46. The summed E-state index contributed by atoms with van der Waals surface area (Å²) < 4.78 is 80.4. The molecule has 4 aromatic rings. The minimum atomic E-state index is -4.94. The minimum absolute atomic E-state index is 0.00211. The van der Waals surface area contributed by atoms with Crippen LogP contribution in [0.3, 0.4) is 0 Å². The fraction of sp³-hybridized carbons (Fsp3) is 0.200. The van der Waals surface area contributed by atoms with E-state index in [1.54, 1.807) is 12.1 Å². The molecule has 2 amide bonds. The van der Waals surface area contributed by atoms with Crippen LogP contribution in [0.25, 0.3) is 10.9 Å². The van der Waals surface area contributed by atoms with Crippen LogP contribution in [-0.2, 0) is 19.1 Å². The number of pyridine rings is 1. The number of amides is 2. The lowest BCUT2D eigenvalue weighted by atomic mass is 10.1. The van der Waals surface area contributed by atoms with Gasteiger partial charge in [-0.3, -0.25) is 14.3 Å². The molecule has 2 aromatic carbocycles. The molecule has 0 bridgehead atoms. The van der Waals surface area contributed by atoms with Crippen molar-refractivity contribution in [1.29, 1.82) is 0 Å². The highest BCUT2D eigenvalue weighted by Crippen LogP contribution is 2.36. The molecule has 4 rings (SSSR count). The summed E-state index contributed by atoms with van der Waals surface area (Å²) in [4.78, 5) is 28.9. The molecule has 0 unspecified atom stereocenters. The van der Waals surface area contributed by atoms with Crippen LogP contribution >= 0.6 is 0 Å². The third-order valence-electron chi connectivity index (χ3n) is 5.69. The van der Waals surface area contributed by atoms with Crippen LogP contribution in [-0.4, -0.2) is 32.8 Å². The van der Waals surface area contributed by atoms with Crippen LogP contribution in [0.4, 0.5) is 32.0 Å². The summed E-state index contributed by atoms with van der Waals surface area (Å²) in [5, 5.41) is 6.16. The summed E-state index contributed by atoms with van der Waals surface area (Å²) in [5.41, 5.74) is 3.58. The molecular formula is C25H19F6N5O2. The number of aromatic nitrogens is 3. The van der Waals surface area contributed by atoms with Crippen LogP contribution in [0.15, 0.2) is 54.6 Å². The van der Waals surface area contributed by atoms with Crippen molar-refractivity contribution in [2.45, 2.75) is 32.2 Å². The predicted molar refractivity (Wildman–Crippen MR) is 125 cm³/mol. The van der Waals surface area contributed by atoms with Crippen LogP contribution in [0.2, 0.25) is 0 Å². The molecule has 0 aliphatic heterocycles. The zero-order valence-electron chi connectivity index (χ0n) is 19.6. The smallest absolute Gasteiger partial charge is 0.364 e. The molecule has 0 aliphatic rings. The number of nitrogens with zero attached hydrogens (tertiary/aromatic N) is 3. The first kappa shape index (κ1) is 26.6. The monoisotopic (exact) mass is 535 g/mol. The van der Waals surface area contributed by atoms with Crippen LogP contribution in [0, 0.1) is 6.92 Å². The quantitative estimate of drug-likeness (QED) is 0.329. The van der Waals surface area contributed by atoms with Gasteiger partial charge < -0.3 is 11.1 Å². The lowest BCUT2D eigenvalue weighted by Crippen LogP contribution is -2.19. The number of alkyl halides is 6. The van der Waals surface area contributed by atoms with Gasteiger partial charge in [-0.15, -0.1) is 0 Å². The van der Waals surface area contributed by atoms with Gasteiger partial charge in [-0.1, -0.05) is 42.5 Å². The van der Waals surface area contributed by atoms with Crippen LogP contribution in [0.1, 0.15) is 43.4 Å². The van der Waals surface area contributed by atoms with Crippen LogP contribution in [0.5, 0.6) is 0 Å². The Hall–Kier alpha value is -4.42. The van der Waals surface area contributed by atoms with Crippen molar-refractivity contribution in [3.8, 4) is 0 Å². The van der Waals surface area contributed by atoms with E-state index in [0.717, 1.165) is 10.7 Å². The number of carbonyl (C=O) groups is 2. The Kier molecular flexibility index (Phi) is 6.87. The van der Waals surface area contributed by atoms with E-state index in [1.807, 2.05) is 0 Å². The topological polar surface area (TPSA) is 103 Å². The first-order valence-electron chi connectivity index (χ1n) is 11.0. The zero-order chi connectivity index (χ0) is 27.8. The first-order chi connectivity index (χ1) is 17.7. The molecule has 2 aromatic heterocycles. The van der Waals surface area contributed by atoms with Crippen molar-refractivity contribution < 1.29 is 35.9 Å². The maximum absolute atomic E-state index is 13.9. The summed E-state index contributed by atoms with van der Waals surface area (Å²) in [6, 6.07) is 12.5. The van der Waals surface area contributed by atoms with Crippen molar-refractivity contribution in [3.63, 3.8) is 0 Å². The fourth-order valence-corrected chi connectivity index (χ4v) is 3.89. The maximum atomic E-state index is 13.9. The van der Waals surface area contributed by atoms with Gasteiger partial charge in [0.05, 0.1) is 35.4 Å². The Morgan fingerprint density at radius 3 is 2.21 bits per heavy atom. The number of para-hydroxylation sites is 1. The number of anilines is 1. The number of hydrogen-bond acceptors (Lipinski definition) is 4. The summed E-state index contributed by atoms with van der Waals surface area (Å²) >= 11 is 0. The molecule has 2 heterocycles. The molecule has 0 radical (unpaired) electrons. The predicted octanol–water partition coefficient (Wildman–Crippen LogP) is 5.26. The Balaban J connectivity index is 1.69. The van der Waals surface area contributed by atoms with Gasteiger partial charge in [-0.25, -0.2) is 4.98 Å². The van der Waals surface area contributed by atoms with E-state index in [-0.39, 0.29) is 40.0 Å². The summed E-state index contributed by atoms with van der Waals surface area (Å²) in [5.74, 6) is -1.87. The van der Waals surface area contributed by atoms with Gasteiger partial charge in [0, 0.05) is 5.39 Å². The standard InChI is InChI=1S/C25H19F6N5O2/c1-13-20(34-23(38)17-10-19(22(32)37)33-18-5-3-2-4-16(17)18)21(25(29,30)31)35-36(13)12-15-8-6-14(7-9-15)11-24(26,27)28/h2-10H,11-12H2,1H3,(H2,32,37)(H,34,38). The van der Waals surface area contributed by atoms with Gasteiger partial charge in [0.2, 0.25) is 0 Å². The summed E-state index contributed by atoms with van der Waals surface area (Å²) in [6.45, 7) is 1.12. The molecule has 13 heteroatoms. The number of hydrogen-bond donors (Lipinski definition) is 2. The Morgan fingerprint density at radius 1 is 0.974 bits per heavy atom. The van der Waals surface area contributed by atoms with Gasteiger partial charge in [0.15, 0.2) is 5.69 Å². The second kappa shape index (κ2) is 9.80. The maximum Gasteiger partial charge on any atom is 0.437 e. The van der Waals surface area contributed by atoms with Gasteiger partial charge in [-0.05, 0) is 30.2 Å². The number of primary amides is 1. The SMILES string of the molecule is Cc1c(NC(=O)c2cc(C(N)=O)nc3ccccc23)c(C(F)(F)F)nn1Cc1ccc(CC(F)(F)F)cc1. The molecule has 0 fully saturated rings. The fourth-order valence-electron chi connectivity index (χ4n) is 3.89. The number of nitrogens with one attached hydrogen (secondary N) is 1. The number of fused-ring (bicyclic) bond motifs is 1. The van der Waals surface area contributed by atoms with Crippen molar-refractivity contribution >= 4 is 28.4 Å². The van der Waals surface area contributed by atoms with E-state index in [0.29, 0.717) is 5.56 Å². The molecule has 0 spiro atoms. The summed E-state index contributed by atoms with van der Waals surface area (Å²) in [7, 11) is 0. The van der Waals surface area contributed by atoms with Gasteiger partial charge >= 0.3 is 12.4 Å². The number of halogens is 6. The van der Waals surface area contributed by atoms with Gasteiger partial charge in [-0.2, -0.15) is 31.4 Å². The number of rotatable bonds is 6. The number of benzene rings is 2. The highest BCUT2D eigenvalue weighted by molar-refractivity contribution is 6.14. The van der Waals surface area contributed by atoms with Crippen molar-refractivity contribution in [3.05, 3.63) is 88.4 Å². The van der Waals surface area contributed by atoms with Crippen LogP contribution < -0.4 is 11.1 Å². The third-order valence-corrected chi connectivity index (χ3v) is 5.69. The average Bonchev–Trinajstić information content (AvgIpc) is 3.14. The molecular weight excluding hydrogens is 516 g/mol. The highest BCUT2D eigenvalue weighted by Gasteiger charge is 2.39. The lowest BCUT2D eigenvalue weighted by molar-refractivity contribution is -0.140. The van der Waals surface area contributed by atoms with E-state index < -0.39 is 42.0 Å². The molecule has 0 aliphatic carbocycles. The number of carbonyl (C=O) groups excluding carboxylic acids is 2. The molecule has 7 nitrogen and oxygen atoms in total. The molecule has 0 saturated carbocycles. The van der Waals surface area contributed by atoms with Crippen molar-refractivity contribution in [1.82, 2.24) is 14.8 Å². The largest absolute Gasteiger partial charge is 0.437 e. The van der Waals surface area contributed by atoms with E-state index in [4.69, 9.17) is 5.73 Å². The number of nitrogens with two attached hydrogens (primary N) is 1. The van der Waals surface area contributed by atoms with Crippen molar-refractivity contribution in [2.75, 3.05) is 5.32 Å². The van der Waals surface area contributed by atoms with Crippen molar-refractivity contribution in [2.24, 2.45) is 5.73 Å². The molecule has 0 atom stereocenters. The Labute approximate surface area is 211 Å². The molecule has 38 heavy (non-hydrogen) atoms. The normalized spacial score (nSPS) is 12.1.